The van der Waals surface area contributed by atoms with Crippen molar-refractivity contribution in [3.63, 3.8) is 0 Å². The van der Waals surface area contributed by atoms with Crippen LogP contribution in [0.4, 0.5) is 5.69 Å². The molecule has 0 unspecified atom stereocenters. The fraction of sp³-hybridized carbons (Fsp3) is 0. The molecule has 0 aliphatic rings. The van der Waals surface area contributed by atoms with Gasteiger partial charge in [0.05, 0.1) is 10.7 Å². The van der Waals surface area contributed by atoms with Gasteiger partial charge in [-0.15, -0.1) is 10.2 Å². The van der Waals surface area contributed by atoms with Crippen molar-refractivity contribution in [1.29, 1.82) is 0 Å². The Morgan fingerprint density at radius 3 is 3.00 bits per heavy atom. The van der Waals surface area contributed by atoms with E-state index in [4.69, 9.17) is 17.3 Å². The van der Waals surface area contributed by atoms with Gasteiger partial charge in [0.1, 0.15) is 5.03 Å². The Morgan fingerprint density at radius 2 is 2.17 bits per heavy atom. The fourth-order valence-electron chi connectivity index (χ4n) is 1.50. The maximum absolute atomic E-state index is 5.86. The van der Waals surface area contributed by atoms with Crippen LogP contribution in [0.5, 0.6) is 0 Å². The molecule has 3 aromatic heterocycles. The van der Waals surface area contributed by atoms with Gasteiger partial charge >= 0.3 is 0 Å². The van der Waals surface area contributed by atoms with Gasteiger partial charge < -0.3 is 5.73 Å². The SMILES string of the molecule is Nc1cc(Cl)cnc1Sc1nnc2ccccn12. The lowest BCUT2D eigenvalue weighted by Crippen LogP contribution is -1.93. The molecular formula is C11H8ClN5S. The molecule has 18 heavy (non-hydrogen) atoms. The first kappa shape index (κ1) is 11.3. The lowest BCUT2D eigenvalue weighted by molar-refractivity contribution is 0.917. The standard InChI is InChI=1S/C11H8ClN5S/c12-7-5-8(13)10(14-6-7)18-11-16-15-9-3-1-2-4-17(9)11/h1-6H,13H2. The second-order valence-electron chi connectivity index (χ2n) is 3.56. The smallest absolute Gasteiger partial charge is 0.201 e. The number of nitrogens with zero attached hydrogens (tertiary/aromatic N) is 4. The lowest BCUT2D eigenvalue weighted by atomic mass is 10.4. The molecule has 3 aromatic rings. The van der Waals surface area contributed by atoms with Gasteiger partial charge in [-0.2, -0.15) is 0 Å². The molecule has 0 fully saturated rings. The molecule has 3 heterocycles. The predicted octanol–water partition coefficient (Wildman–Crippen LogP) is 2.51. The predicted molar refractivity (Wildman–Crippen MR) is 70.8 cm³/mol. The number of nitrogens with two attached hydrogens (primary N) is 1. The van der Waals surface area contributed by atoms with E-state index in [1.54, 1.807) is 12.3 Å². The summed E-state index contributed by atoms with van der Waals surface area (Å²) >= 11 is 7.16. The molecule has 0 amide bonds. The fourth-order valence-corrected chi connectivity index (χ4v) is 2.46. The van der Waals surface area contributed by atoms with E-state index in [-0.39, 0.29) is 0 Å². The Morgan fingerprint density at radius 1 is 1.28 bits per heavy atom. The van der Waals surface area contributed by atoms with Gasteiger partial charge in [0.25, 0.3) is 0 Å². The second kappa shape index (κ2) is 4.47. The van der Waals surface area contributed by atoms with Crippen LogP contribution in [0.15, 0.2) is 46.8 Å². The van der Waals surface area contributed by atoms with Crippen LogP contribution in [0.3, 0.4) is 0 Å². The van der Waals surface area contributed by atoms with Crippen LogP contribution in [0.1, 0.15) is 0 Å². The zero-order valence-electron chi connectivity index (χ0n) is 9.12. The average Bonchev–Trinajstić information content (AvgIpc) is 2.76. The zero-order valence-corrected chi connectivity index (χ0v) is 10.7. The highest BCUT2D eigenvalue weighted by Crippen LogP contribution is 2.30. The first-order chi connectivity index (χ1) is 8.74. The summed E-state index contributed by atoms with van der Waals surface area (Å²) in [4.78, 5) is 4.18. The minimum absolute atomic E-state index is 0.517. The van der Waals surface area contributed by atoms with Crippen LogP contribution in [0.2, 0.25) is 5.02 Å². The van der Waals surface area contributed by atoms with Crippen LogP contribution in [-0.4, -0.2) is 19.6 Å². The van der Waals surface area contributed by atoms with Crippen molar-refractivity contribution in [2.24, 2.45) is 0 Å². The highest BCUT2D eigenvalue weighted by molar-refractivity contribution is 7.99. The number of halogens is 1. The minimum atomic E-state index is 0.517. The van der Waals surface area contributed by atoms with Crippen LogP contribution < -0.4 is 5.73 Å². The number of anilines is 1. The van der Waals surface area contributed by atoms with Gasteiger partial charge in [0, 0.05) is 12.4 Å². The van der Waals surface area contributed by atoms with E-state index >= 15 is 0 Å². The maximum atomic E-state index is 5.86. The molecular weight excluding hydrogens is 270 g/mol. The average molecular weight is 278 g/mol. The van der Waals surface area contributed by atoms with E-state index in [1.807, 2.05) is 28.8 Å². The molecule has 0 bridgehead atoms. The molecule has 7 heteroatoms. The number of pyridine rings is 2. The summed E-state index contributed by atoms with van der Waals surface area (Å²) in [7, 11) is 0. The summed E-state index contributed by atoms with van der Waals surface area (Å²) in [5.41, 5.74) is 7.17. The number of hydrogen-bond donors (Lipinski definition) is 1. The topological polar surface area (TPSA) is 69.1 Å². The van der Waals surface area contributed by atoms with Gasteiger partial charge in [-0.3, -0.25) is 4.40 Å². The number of fused-ring (bicyclic) bond motifs is 1. The highest BCUT2D eigenvalue weighted by atomic mass is 35.5. The number of rotatable bonds is 2. The minimum Gasteiger partial charge on any atom is -0.396 e. The molecule has 0 radical (unpaired) electrons. The Labute approximate surface area is 112 Å². The van der Waals surface area contributed by atoms with Crippen molar-refractivity contribution in [2.75, 3.05) is 5.73 Å². The van der Waals surface area contributed by atoms with Crippen LogP contribution in [0.25, 0.3) is 5.65 Å². The van der Waals surface area contributed by atoms with Gasteiger partial charge in [-0.05, 0) is 30.0 Å². The van der Waals surface area contributed by atoms with E-state index < -0.39 is 0 Å². The molecule has 0 spiro atoms. The molecule has 2 N–H and O–H groups in total. The quantitative estimate of drug-likeness (QED) is 0.779. The summed E-state index contributed by atoms with van der Waals surface area (Å²) in [5.74, 6) is 0. The molecule has 0 saturated heterocycles. The number of hydrogen-bond acceptors (Lipinski definition) is 5. The Bertz CT molecular complexity index is 711. The molecule has 0 aliphatic heterocycles. The maximum Gasteiger partial charge on any atom is 0.201 e. The van der Waals surface area contributed by atoms with Crippen LogP contribution >= 0.6 is 23.4 Å². The van der Waals surface area contributed by atoms with E-state index in [9.17, 15) is 0 Å². The summed E-state index contributed by atoms with van der Waals surface area (Å²) < 4.78 is 1.88. The summed E-state index contributed by atoms with van der Waals surface area (Å²) in [5, 5.41) is 10.1. The van der Waals surface area contributed by atoms with Crippen molar-refractivity contribution < 1.29 is 0 Å². The second-order valence-corrected chi connectivity index (χ2v) is 4.95. The van der Waals surface area contributed by atoms with E-state index in [0.717, 1.165) is 5.65 Å². The van der Waals surface area contributed by atoms with E-state index in [1.165, 1.54) is 11.8 Å². The third kappa shape index (κ3) is 2.00. The van der Waals surface area contributed by atoms with Crippen LogP contribution in [-0.2, 0) is 0 Å². The largest absolute Gasteiger partial charge is 0.396 e. The van der Waals surface area contributed by atoms with Gasteiger partial charge in [-0.25, -0.2) is 4.98 Å². The third-order valence-corrected chi connectivity index (χ3v) is 3.52. The molecule has 0 aliphatic carbocycles. The van der Waals surface area contributed by atoms with Crippen molar-refractivity contribution in [3.05, 3.63) is 41.7 Å². The van der Waals surface area contributed by atoms with E-state index in [0.29, 0.717) is 20.9 Å². The molecule has 3 rings (SSSR count). The first-order valence-electron chi connectivity index (χ1n) is 5.13. The Hall–Kier alpha value is -1.79. The molecule has 90 valence electrons. The Balaban J connectivity index is 2.01. The van der Waals surface area contributed by atoms with E-state index in [2.05, 4.69) is 15.2 Å². The van der Waals surface area contributed by atoms with Gasteiger partial charge in [-0.1, -0.05) is 17.7 Å². The van der Waals surface area contributed by atoms with Gasteiger partial charge in [0.15, 0.2) is 5.65 Å². The molecule has 0 saturated carbocycles. The van der Waals surface area contributed by atoms with Crippen molar-refractivity contribution in [2.45, 2.75) is 10.2 Å². The summed E-state index contributed by atoms with van der Waals surface area (Å²) in [6, 6.07) is 7.38. The first-order valence-corrected chi connectivity index (χ1v) is 6.32. The monoisotopic (exact) mass is 277 g/mol. The zero-order chi connectivity index (χ0) is 12.5. The van der Waals surface area contributed by atoms with Crippen molar-refractivity contribution in [3.8, 4) is 0 Å². The number of nitrogen functional groups attached to an aromatic ring is 1. The third-order valence-electron chi connectivity index (χ3n) is 2.32. The Kier molecular flexibility index (Phi) is 2.81. The van der Waals surface area contributed by atoms with Crippen LogP contribution in [0, 0.1) is 0 Å². The van der Waals surface area contributed by atoms with Crippen molar-refractivity contribution >= 4 is 34.7 Å². The van der Waals surface area contributed by atoms with Gasteiger partial charge in [0.2, 0.25) is 5.16 Å². The molecule has 5 nitrogen and oxygen atoms in total. The number of aromatic nitrogens is 4. The van der Waals surface area contributed by atoms with Crippen molar-refractivity contribution in [1.82, 2.24) is 19.6 Å². The molecule has 0 aromatic carbocycles. The summed E-state index contributed by atoms with van der Waals surface area (Å²) in [6.45, 7) is 0. The molecule has 0 atom stereocenters. The lowest BCUT2D eigenvalue weighted by Gasteiger charge is -2.02. The highest BCUT2D eigenvalue weighted by Gasteiger charge is 2.10. The summed E-state index contributed by atoms with van der Waals surface area (Å²) in [6.07, 6.45) is 3.45. The normalized spacial score (nSPS) is 10.9.